The van der Waals surface area contributed by atoms with E-state index in [1.807, 2.05) is 30.7 Å². The number of hydrogen-bond acceptors (Lipinski definition) is 2. The van der Waals surface area contributed by atoms with Crippen molar-refractivity contribution in [3.05, 3.63) is 23.5 Å². The van der Waals surface area contributed by atoms with E-state index in [0.29, 0.717) is 18.2 Å². The van der Waals surface area contributed by atoms with Gasteiger partial charge in [-0.3, -0.25) is 4.79 Å². The molecule has 100 valence electrons. The van der Waals surface area contributed by atoms with E-state index in [1.165, 1.54) is 0 Å². The Morgan fingerprint density at radius 1 is 1.50 bits per heavy atom. The number of aliphatic hydroxyl groups excluding tert-OH is 1. The predicted octanol–water partition coefficient (Wildman–Crippen LogP) is 1.61. The van der Waals surface area contributed by atoms with Crippen molar-refractivity contribution in [3.8, 4) is 0 Å². The molecule has 1 aromatic rings. The van der Waals surface area contributed by atoms with Gasteiger partial charge in [-0.2, -0.15) is 0 Å². The second-order valence-electron chi connectivity index (χ2n) is 5.32. The fourth-order valence-electron chi connectivity index (χ4n) is 2.62. The summed E-state index contributed by atoms with van der Waals surface area (Å²) in [5, 5.41) is 12.6. The molecule has 1 aromatic heterocycles. The molecule has 0 saturated heterocycles. The number of aliphatic hydroxyl groups is 1. The highest BCUT2D eigenvalue weighted by atomic mass is 16.3. The van der Waals surface area contributed by atoms with E-state index in [2.05, 4.69) is 5.32 Å². The van der Waals surface area contributed by atoms with Gasteiger partial charge in [0, 0.05) is 19.3 Å². The van der Waals surface area contributed by atoms with Crippen molar-refractivity contribution in [2.24, 2.45) is 13.0 Å². The van der Waals surface area contributed by atoms with Crippen LogP contribution in [-0.2, 0) is 7.05 Å². The van der Waals surface area contributed by atoms with Crippen LogP contribution in [0.1, 0.15) is 41.9 Å². The Morgan fingerprint density at radius 2 is 2.28 bits per heavy atom. The number of carbonyl (C=O) groups is 1. The van der Waals surface area contributed by atoms with Crippen molar-refractivity contribution in [1.29, 1.82) is 0 Å². The molecule has 2 unspecified atom stereocenters. The van der Waals surface area contributed by atoms with Gasteiger partial charge in [-0.05, 0) is 44.2 Å². The van der Waals surface area contributed by atoms with Crippen LogP contribution in [0.4, 0.5) is 0 Å². The normalized spacial score (nSPS) is 23.9. The Morgan fingerprint density at radius 3 is 2.89 bits per heavy atom. The van der Waals surface area contributed by atoms with Crippen molar-refractivity contribution in [2.45, 2.75) is 38.7 Å². The topological polar surface area (TPSA) is 54.3 Å². The molecule has 1 heterocycles. The second kappa shape index (κ2) is 5.57. The average Bonchev–Trinajstić information content (AvgIpc) is 2.67. The van der Waals surface area contributed by atoms with Crippen LogP contribution in [0.25, 0.3) is 0 Å². The molecule has 0 bridgehead atoms. The molecule has 0 aliphatic heterocycles. The van der Waals surface area contributed by atoms with E-state index < -0.39 is 0 Å². The summed E-state index contributed by atoms with van der Waals surface area (Å²) in [6, 6.07) is 3.79. The second-order valence-corrected chi connectivity index (χ2v) is 5.32. The molecule has 2 atom stereocenters. The summed E-state index contributed by atoms with van der Waals surface area (Å²) < 4.78 is 1.89. The largest absolute Gasteiger partial charge is 0.393 e. The van der Waals surface area contributed by atoms with E-state index in [0.717, 1.165) is 31.4 Å². The molecule has 1 saturated carbocycles. The van der Waals surface area contributed by atoms with Gasteiger partial charge in [-0.1, -0.05) is 6.42 Å². The van der Waals surface area contributed by atoms with Crippen LogP contribution in [0.3, 0.4) is 0 Å². The highest BCUT2D eigenvalue weighted by Gasteiger charge is 2.21. The van der Waals surface area contributed by atoms with Crippen molar-refractivity contribution in [2.75, 3.05) is 6.54 Å². The van der Waals surface area contributed by atoms with E-state index in [1.54, 1.807) is 0 Å². The van der Waals surface area contributed by atoms with Gasteiger partial charge in [-0.25, -0.2) is 0 Å². The van der Waals surface area contributed by atoms with Crippen molar-refractivity contribution >= 4 is 5.91 Å². The van der Waals surface area contributed by atoms with E-state index in [-0.39, 0.29) is 12.0 Å². The number of amides is 1. The molecule has 2 rings (SSSR count). The summed E-state index contributed by atoms with van der Waals surface area (Å²) in [5.74, 6) is 0.393. The third-order valence-electron chi connectivity index (χ3n) is 3.91. The van der Waals surface area contributed by atoms with Gasteiger partial charge < -0.3 is 15.0 Å². The first-order valence-corrected chi connectivity index (χ1v) is 6.66. The molecule has 18 heavy (non-hydrogen) atoms. The number of hydrogen-bond donors (Lipinski definition) is 2. The van der Waals surface area contributed by atoms with Gasteiger partial charge >= 0.3 is 0 Å². The number of aromatic nitrogens is 1. The van der Waals surface area contributed by atoms with Crippen LogP contribution in [0.15, 0.2) is 12.1 Å². The molecule has 1 aliphatic rings. The van der Waals surface area contributed by atoms with E-state index in [9.17, 15) is 9.90 Å². The summed E-state index contributed by atoms with van der Waals surface area (Å²) in [6.45, 7) is 2.65. The zero-order chi connectivity index (χ0) is 13.1. The Balaban J connectivity index is 1.86. The standard InChI is InChI=1S/C14H22N2O2/c1-10-6-7-13(16(10)2)14(18)15-9-11-4-3-5-12(17)8-11/h6-7,11-12,17H,3-5,8-9H2,1-2H3,(H,15,18). The van der Waals surface area contributed by atoms with Crippen molar-refractivity contribution < 1.29 is 9.90 Å². The Kier molecular flexibility index (Phi) is 4.07. The van der Waals surface area contributed by atoms with Gasteiger partial charge in [0.05, 0.1) is 6.10 Å². The lowest BCUT2D eigenvalue weighted by Gasteiger charge is -2.25. The van der Waals surface area contributed by atoms with E-state index >= 15 is 0 Å². The van der Waals surface area contributed by atoms with Gasteiger partial charge in [0.15, 0.2) is 0 Å². The molecule has 0 spiro atoms. The first kappa shape index (κ1) is 13.1. The fraction of sp³-hybridized carbons (Fsp3) is 0.643. The molecule has 0 radical (unpaired) electrons. The summed E-state index contributed by atoms with van der Waals surface area (Å²) in [4.78, 5) is 12.0. The highest BCUT2D eigenvalue weighted by molar-refractivity contribution is 5.92. The van der Waals surface area contributed by atoms with Gasteiger partial charge in [0.25, 0.3) is 5.91 Å². The third kappa shape index (κ3) is 2.93. The molecule has 1 fully saturated rings. The van der Waals surface area contributed by atoms with Gasteiger partial charge in [-0.15, -0.1) is 0 Å². The number of carbonyl (C=O) groups excluding carboxylic acids is 1. The summed E-state index contributed by atoms with van der Waals surface area (Å²) >= 11 is 0. The Bertz CT molecular complexity index is 425. The lowest BCUT2D eigenvalue weighted by molar-refractivity contribution is 0.0868. The minimum Gasteiger partial charge on any atom is -0.393 e. The smallest absolute Gasteiger partial charge is 0.267 e. The van der Waals surface area contributed by atoms with Crippen molar-refractivity contribution in [1.82, 2.24) is 9.88 Å². The summed E-state index contributed by atoms with van der Waals surface area (Å²) in [6.07, 6.45) is 3.69. The lowest BCUT2D eigenvalue weighted by atomic mass is 9.87. The Hall–Kier alpha value is -1.29. The van der Waals surface area contributed by atoms with E-state index in [4.69, 9.17) is 0 Å². The average molecular weight is 250 g/mol. The number of rotatable bonds is 3. The van der Waals surface area contributed by atoms with Crippen LogP contribution in [0.5, 0.6) is 0 Å². The monoisotopic (exact) mass is 250 g/mol. The maximum Gasteiger partial charge on any atom is 0.267 e. The maximum atomic E-state index is 12.0. The minimum atomic E-state index is -0.182. The molecular formula is C14H22N2O2. The molecule has 4 heteroatoms. The predicted molar refractivity (Wildman–Crippen MR) is 70.4 cm³/mol. The fourth-order valence-corrected chi connectivity index (χ4v) is 2.62. The molecule has 2 N–H and O–H groups in total. The summed E-state index contributed by atoms with van der Waals surface area (Å²) in [7, 11) is 1.90. The van der Waals surface area contributed by atoms with Crippen LogP contribution in [0, 0.1) is 12.8 Å². The molecule has 1 aliphatic carbocycles. The molecular weight excluding hydrogens is 228 g/mol. The zero-order valence-corrected chi connectivity index (χ0v) is 11.1. The number of nitrogens with zero attached hydrogens (tertiary/aromatic N) is 1. The number of nitrogens with one attached hydrogen (secondary N) is 1. The molecule has 4 nitrogen and oxygen atoms in total. The van der Waals surface area contributed by atoms with Crippen molar-refractivity contribution in [3.63, 3.8) is 0 Å². The highest BCUT2D eigenvalue weighted by Crippen LogP contribution is 2.23. The third-order valence-corrected chi connectivity index (χ3v) is 3.91. The van der Waals surface area contributed by atoms with Crippen LogP contribution < -0.4 is 5.32 Å². The van der Waals surface area contributed by atoms with Crippen LogP contribution in [0.2, 0.25) is 0 Å². The maximum absolute atomic E-state index is 12.0. The van der Waals surface area contributed by atoms with Crippen LogP contribution in [-0.4, -0.2) is 28.2 Å². The Labute approximate surface area is 108 Å². The van der Waals surface area contributed by atoms with Crippen LogP contribution >= 0.6 is 0 Å². The molecule has 0 aromatic carbocycles. The minimum absolute atomic E-state index is 0.0225. The SMILES string of the molecule is Cc1ccc(C(=O)NCC2CCCC(O)C2)n1C. The summed E-state index contributed by atoms with van der Waals surface area (Å²) in [5.41, 5.74) is 1.78. The zero-order valence-electron chi connectivity index (χ0n) is 11.1. The van der Waals surface area contributed by atoms with Gasteiger partial charge in [0.1, 0.15) is 5.69 Å². The lowest BCUT2D eigenvalue weighted by Crippen LogP contribution is -2.33. The first-order valence-electron chi connectivity index (χ1n) is 6.66. The molecule has 1 amide bonds. The quantitative estimate of drug-likeness (QED) is 0.856. The number of aryl methyl sites for hydroxylation is 1. The van der Waals surface area contributed by atoms with Gasteiger partial charge in [0.2, 0.25) is 0 Å². The first-order chi connectivity index (χ1) is 8.58.